The molecule has 2 aliphatic rings. The number of carbonyl (C=O) groups excluding carboxylic acids is 1. The van der Waals surface area contributed by atoms with Crippen LogP contribution in [0.4, 0.5) is 10.1 Å². The number of hydrogen-bond donors (Lipinski definition) is 0. The third kappa shape index (κ3) is 3.91. The number of piperazine rings is 1. The number of halogens is 1. The molecule has 2 fully saturated rings. The van der Waals surface area contributed by atoms with Crippen LogP contribution in [0.2, 0.25) is 0 Å². The molecule has 0 bridgehead atoms. The third-order valence-corrected chi connectivity index (χ3v) is 4.96. The third-order valence-electron chi connectivity index (χ3n) is 4.96. The minimum Gasteiger partial charge on any atom is -0.378 e. The maximum atomic E-state index is 14.2. The van der Waals surface area contributed by atoms with Gasteiger partial charge in [0.05, 0.1) is 36.6 Å². The number of morpholine rings is 1. The summed E-state index contributed by atoms with van der Waals surface area (Å²) in [6.45, 7) is 7.17. The molecule has 7 heteroatoms. The van der Waals surface area contributed by atoms with Crippen LogP contribution < -0.4 is 4.90 Å². The van der Waals surface area contributed by atoms with E-state index >= 15 is 0 Å². The lowest BCUT2D eigenvalue weighted by atomic mass is 10.1. The second-order valence-electron chi connectivity index (χ2n) is 6.41. The normalized spacial score (nSPS) is 20.2. The quantitative estimate of drug-likeness (QED) is 0.819. The van der Waals surface area contributed by atoms with Crippen molar-refractivity contribution in [1.82, 2.24) is 9.80 Å². The predicted molar refractivity (Wildman–Crippen MR) is 91.8 cm³/mol. The topological polar surface area (TPSA) is 59.8 Å². The van der Waals surface area contributed by atoms with E-state index in [1.165, 1.54) is 6.07 Å². The van der Waals surface area contributed by atoms with Gasteiger partial charge in [-0.25, -0.2) is 4.39 Å². The Balaban J connectivity index is 1.58. The number of benzene rings is 1. The summed E-state index contributed by atoms with van der Waals surface area (Å²) in [6.07, 6.45) is 0. The van der Waals surface area contributed by atoms with E-state index in [0.29, 0.717) is 63.7 Å². The molecular weight excluding hydrogens is 323 g/mol. The molecule has 1 aromatic rings. The molecule has 1 amide bonds. The highest BCUT2D eigenvalue weighted by Gasteiger charge is 2.30. The van der Waals surface area contributed by atoms with Crippen molar-refractivity contribution in [3.8, 4) is 6.07 Å². The van der Waals surface area contributed by atoms with Crippen LogP contribution in [0.15, 0.2) is 18.2 Å². The summed E-state index contributed by atoms with van der Waals surface area (Å²) >= 11 is 0. The lowest BCUT2D eigenvalue weighted by molar-refractivity contribution is -0.140. The fourth-order valence-electron chi connectivity index (χ4n) is 3.39. The molecule has 2 heterocycles. The monoisotopic (exact) mass is 346 g/mol. The van der Waals surface area contributed by atoms with E-state index in [0.717, 1.165) is 0 Å². The van der Waals surface area contributed by atoms with Gasteiger partial charge in [0.1, 0.15) is 5.82 Å². The van der Waals surface area contributed by atoms with E-state index in [4.69, 9.17) is 10.00 Å². The van der Waals surface area contributed by atoms with E-state index in [2.05, 4.69) is 4.90 Å². The summed E-state index contributed by atoms with van der Waals surface area (Å²) in [5, 5.41) is 8.84. The lowest BCUT2D eigenvalue weighted by Gasteiger charge is -2.40. The second kappa shape index (κ2) is 7.81. The Kier molecular flexibility index (Phi) is 5.51. The number of nitrogens with zero attached hydrogens (tertiary/aromatic N) is 4. The van der Waals surface area contributed by atoms with Gasteiger partial charge in [0.2, 0.25) is 5.91 Å². The van der Waals surface area contributed by atoms with Gasteiger partial charge in [0, 0.05) is 39.3 Å². The molecular formula is C18H23FN4O2. The van der Waals surface area contributed by atoms with Gasteiger partial charge in [-0.1, -0.05) is 0 Å². The molecule has 0 saturated carbocycles. The van der Waals surface area contributed by atoms with Crippen molar-refractivity contribution >= 4 is 11.6 Å². The molecule has 6 nitrogen and oxygen atoms in total. The highest BCUT2D eigenvalue weighted by atomic mass is 19.1. The van der Waals surface area contributed by atoms with Crippen molar-refractivity contribution < 1.29 is 13.9 Å². The van der Waals surface area contributed by atoms with E-state index in [1.54, 1.807) is 12.1 Å². The molecule has 2 saturated heterocycles. The minimum atomic E-state index is -0.370. The first-order valence-electron chi connectivity index (χ1n) is 8.65. The summed E-state index contributed by atoms with van der Waals surface area (Å²) in [5.41, 5.74) is 0.843. The number of nitriles is 1. The summed E-state index contributed by atoms with van der Waals surface area (Å²) < 4.78 is 19.5. The summed E-state index contributed by atoms with van der Waals surface area (Å²) in [6, 6.07) is 6.33. The molecule has 0 unspecified atom stereocenters. The Morgan fingerprint density at radius 1 is 1.20 bits per heavy atom. The Bertz CT molecular complexity index is 662. The van der Waals surface area contributed by atoms with Crippen LogP contribution in [0.5, 0.6) is 0 Å². The Morgan fingerprint density at radius 3 is 2.48 bits per heavy atom. The van der Waals surface area contributed by atoms with E-state index < -0.39 is 0 Å². The molecule has 2 aliphatic heterocycles. The van der Waals surface area contributed by atoms with Crippen molar-refractivity contribution in [2.45, 2.75) is 13.0 Å². The van der Waals surface area contributed by atoms with Crippen molar-refractivity contribution in [2.75, 3.05) is 57.4 Å². The zero-order chi connectivity index (χ0) is 17.8. The van der Waals surface area contributed by atoms with Crippen molar-refractivity contribution in [2.24, 2.45) is 0 Å². The number of ether oxygens (including phenoxy) is 1. The van der Waals surface area contributed by atoms with Crippen molar-refractivity contribution in [3.63, 3.8) is 0 Å². The van der Waals surface area contributed by atoms with Gasteiger partial charge in [-0.15, -0.1) is 0 Å². The van der Waals surface area contributed by atoms with Crippen LogP contribution in [0, 0.1) is 17.1 Å². The molecule has 1 aromatic carbocycles. The Labute approximate surface area is 147 Å². The summed E-state index contributed by atoms with van der Waals surface area (Å²) in [4.78, 5) is 18.6. The largest absolute Gasteiger partial charge is 0.378 e. The van der Waals surface area contributed by atoms with Crippen LogP contribution in [-0.4, -0.2) is 74.2 Å². The summed E-state index contributed by atoms with van der Waals surface area (Å²) in [7, 11) is 0. The molecule has 0 aromatic heterocycles. The smallest absolute Gasteiger partial charge is 0.239 e. The molecule has 0 spiro atoms. The molecule has 0 N–H and O–H groups in total. The average molecular weight is 346 g/mol. The standard InChI is InChI=1S/C18H23FN4O2/c1-14(18(24)23-8-10-25-11-9-23)21-4-6-22(7-5-21)17-3-2-15(13-20)12-16(17)19/h2-3,12,14H,4-11H2,1H3/t14-/m1/s1. The number of rotatable bonds is 3. The first kappa shape index (κ1) is 17.6. The average Bonchev–Trinajstić information content (AvgIpc) is 2.67. The minimum absolute atomic E-state index is 0.140. The molecule has 134 valence electrons. The number of hydrogen-bond acceptors (Lipinski definition) is 5. The van der Waals surface area contributed by atoms with Crippen LogP contribution in [0.1, 0.15) is 12.5 Å². The maximum absolute atomic E-state index is 14.2. The van der Waals surface area contributed by atoms with Gasteiger partial charge in [-0.3, -0.25) is 9.69 Å². The van der Waals surface area contributed by atoms with Gasteiger partial charge in [0.15, 0.2) is 0 Å². The molecule has 3 rings (SSSR count). The maximum Gasteiger partial charge on any atom is 0.239 e. The van der Waals surface area contributed by atoms with Gasteiger partial charge in [0.25, 0.3) is 0 Å². The fraction of sp³-hybridized carbons (Fsp3) is 0.556. The van der Waals surface area contributed by atoms with E-state index in [9.17, 15) is 9.18 Å². The number of carbonyl (C=O) groups is 1. The number of anilines is 1. The van der Waals surface area contributed by atoms with E-state index in [-0.39, 0.29) is 17.8 Å². The first-order chi connectivity index (χ1) is 12.1. The predicted octanol–water partition coefficient (Wildman–Crippen LogP) is 1.07. The van der Waals surface area contributed by atoms with Gasteiger partial charge >= 0.3 is 0 Å². The van der Waals surface area contributed by atoms with Crippen molar-refractivity contribution in [3.05, 3.63) is 29.6 Å². The van der Waals surface area contributed by atoms with Crippen LogP contribution in [-0.2, 0) is 9.53 Å². The SMILES string of the molecule is C[C@H](C(=O)N1CCOCC1)N1CCN(c2ccc(C#N)cc2F)CC1. The molecule has 0 radical (unpaired) electrons. The Morgan fingerprint density at radius 2 is 1.88 bits per heavy atom. The van der Waals surface area contributed by atoms with E-state index in [1.807, 2.05) is 22.8 Å². The molecule has 1 atom stereocenters. The van der Waals surface area contributed by atoms with Crippen LogP contribution >= 0.6 is 0 Å². The fourth-order valence-corrected chi connectivity index (χ4v) is 3.39. The van der Waals surface area contributed by atoms with Crippen LogP contribution in [0.3, 0.4) is 0 Å². The highest BCUT2D eigenvalue weighted by molar-refractivity contribution is 5.81. The van der Waals surface area contributed by atoms with Crippen LogP contribution in [0.25, 0.3) is 0 Å². The summed E-state index contributed by atoms with van der Waals surface area (Å²) in [5.74, 6) is -0.230. The Hall–Kier alpha value is -2.17. The number of amides is 1. The molecule has 0 aliphatic carbocycles. The zero-order valence-electron chi connectivity index (χ0n) is 14.4. The lowest BCUT2D eigenvalue weighted by Crippen LogP contribution is -2.56. The first-order valence-corrected chi connectivity index (χ1v) is 8.65. The highest BCUT2D eigenvalue weighted by Crippen LogP contribution is 2.22. The van der Waals surface area contributed by atoms with Gasteiger partial charge in [-0.05, 0) is 25.1 Å². The van der Waals surface area contributed by atoms with Gasteiger partial charge in [-0.2, -0.15) is 5.26 Å². The zero-order valence-corrected chi connectivity index (χ0v) is 14.4. The van der Waals surface area contributed by atoms with Crippen molar-refractivity contribution in [1.29, 1.82) is 5.26 Å². The van der Waals surface area contributed by atoms with Gasteiger partial charge < -0.3 is 14.5 Å². The molecule has 25 heavy (non-hydrogen) atoms. The second-order valence-corrected chi connectivity index (χ2v) is 6.41.